The van der Waals surface area contributed by atoms with Crippen LogP contribution in [0, 0.1) is 0 Å². The summed E-state index contributed by atoms with van der Waals surface area (Å²) in [5.74, 6) is -0.775. The van der Waals surface area contributed by atoms with E-state index in [1.54, 1.807) is 0 Å². The fourth-order valence-corrected chi connectivity index (χ4v) is 2.49. The first-order valence-electron chi connectivity index (χ1n) is 6.37. The van der Waals surface area contributed by atoms with Crippen LogP contribution in [0.25, 0.3) is 0 Å². The van der Waals surface area contributed by atoms with Gasteiger partial charge in [0.15, 0.2) is 11.4 Å². The van der Waals surface area contributed by atoms with E-state index in [9.17, 15) is 18.0 Å². The number of H-pyrrole nitrogens is 1. The zero-order chi connectivity index (χ0) is 14.9. The maximum Gasteiger partial charge on any atom is 0.433 e. The number of alkyl halides is 3. The number of amides is 1. The normalized spacial score (nSPS) is 23.3. The van der Waals surface area contributed by atoms with Gasteiger partial charge in [0.1, 0.15) is 0 Å². The van der Waals surface area contributed by atoms with Crippen molar-refractivity contribution in [2.24, 2.45) is 0 Å². The van der Waals surface area contributed by atoms with Gasteiger partial charge in [-0.05, 0) is 33.4 Å². The van der Waals surface area contributed by atoms with Gasteiger partial charge in [-0.3, -0.25) is 4.79 Å². The van der Waals surface area contributed by atoms with Crippen molar-refractivity contribution in [3.63, 3.8) is 0 Å². The molecule has 0 aromatic carbocycles. The van der Waals surface area contributed by atoms with Crippen molar-refractivity contribution in [1.29, 1.82) is 0 Å². The van der Waals surface area contributed by atoms with Crippen LogP contribution in [0.15, 0.2) is 6.33 Å². The molecular formula is C12H17F3N4O. The summed E-state index contributed by atoms with van der Waals surface area (Å²) in [5.41, 5.74) is -1.69. The third-order valence-corrected chi connectivity index (χ3v) is 3.61. The molecule has 8 heteroatoms. The number of hydrogen-bond acceptors (Lipinski definition) is 3. The highest BCUT2D eigenvalue weighted by Crippen LogP contribution is 2.30. The number of halogens is 3. The number of nitrogens with one attached hydrogen (secondary N) is 2. The quantitative estimate of drug-likeness (QED) is 0.889. The summed E-state index contributed by atoms with van der Waals surface area (Å²) in [4.78, 5) is 19.4. The minimum Gasteiger partial charge on any atom is -0.348 e. The maximum atomic E-state index is 12.7. The molecule has 0 bridgehead atoms. The summed E-state index contributed by atoms with van der Waals surface area (Å²) >= 11 is 0. The number of hydrogen-bond donors (Lipinski definition) is 2. The van der Waals surface area contributed by atoms with E-state index < -0.39 is 23.5 Å². The molecule has 5 nitrogen and oxygen atoms in total. The number of aromatic nitrogens is 2. The highest BCUT2D eigenvalue weighted by molar-refractivity contribution is 5.93. The number of nitrogens with zero attached hydrogens (tertiary/aromatic N) is 2. The number of imidazole rings is 1. The Balaban J connectivity index is 2.02. The molecule has 1 aliphatic carbocycles. The van der Waals surface area contributed by atoms with Gasteiger partial charge in [-0.15, -0.1) is 0 Å². The van der Waals surface area contributed by atoms with Crippen molar-refractivity contribution in [2.45, 2.75) is 37.5 Å². The molecule has 1 aromatic rings. The molecule has 20 heavy (non-hydrogen) atoms. The second-order valence-electron chi connectivity index (χ2n) is 5.22. The van der Waals surface area contributed by atoms with Crippen LogP contribution in [0.2, 0.25) is 0 Å². The van der Waals surface area contributed by atoms with Gasteiger partial charge < -0.3 is 15.2 Å². The van der Waals surface area contributed by atoms with E-state index in [0.29, 0.717) is 6.04 Å². The van der Waals surface area contributed by atoms with E-state index in [4.69, 9.17) is 0 Å². The summed E-state index contributed by atoms with van der Waals surface area (Å²) in [6.07, 6.45) is -1.30. The molecule has 2 atom stereocenters. The lowest BCUT2D eigenvalue weighted by Gasteiger charge is -2.19. The average molecular weight is 290 g/mol. The zero-order valence-electron chi connectivity index (χ0n) is 11.3. The third kappa shape index (κ3) is 3.12. The minimum atomic E-state index is -4.61. The Kier molecular flexibility index (Phi) is 4.03. The molecule has 1 aromatic heterocycles. The molecule has 0 saturated heterocycles. The molecule has 1 saturated carbocycles. The molecule has 2 N–H and O–H groups in total. The molecule has 0 aliphatic heterocycles. The molecule has 1 aliphatic rings. The summed E-state index contributed by atoms with van der Waals surface area (Å²) in [5, 5.41) is 2.63. The predicted octanol–water partition coefficient (Wildman–Crippen LogP) is 1.64. The van der Waals surface area contributed by atoms with Crippen molar-refractivity contribution < 1.29 is 18.0 Å². The second kappa shape index (κ2) is 5.43. The minimum absolute atomic E-state index is 0.104. The van der Waals surface area contributed by atoms with Crippen molar-refractivity contribution in [1.82, 2.24) is 20.2 Å². The zero-order valence-corrected chi connectivity index (χ0v) is 11.3. The van der Waals surface area contributed by atoms with E-state index >= 15 is 0 Å². The Morgan fingerprint density at radius 1 is 1.45 bits per heavy atom. The van der Waals surface area contributed by atoms with Gasteiger partial charge in [0, 0.05) is 12.1 Å². The van der Waals surface area contributed by atoms with Crippen molar-refractivity contribution in [3.05, 3.63) is 17.7 Å². The third-order valence-electron chi connectivity index (χ3n) is 3.61. The van der Waals surface area contributed by atoms with Gasteiger partial charge >= 0.3 is 6.18 Å². The van der Waals surface area contributed by atoms with Crippen LogP contribution in [0.5, 0.6) is 0 Å². The summed E-state index contributed by atoms with van der Waals surface area (Å²) in [7, 11) is 3.90. The Hall–Kier alpha value is -1.57. The first-order chi connectivity index (χ1) is 9.29. The van der Waals surface area contributed by atoms with Gasteiger partial charge in [0.2, 0.25) is 0 Å². The number of aromatic amines is 1. The lowest BCUT2D eigenvalue weighted by atomic mass is 10.2. The fourth-order valence-electron chi connectivity index (χ4n) is 2.49. The van der Waals surface area contributed by atoms with Gasteiger partial charge in [-0.2, -0.15) is 13.2 Å². The van der Waals surface area contributed by atoms with Crippen molar-refractivity contribution >= 4 is 5.91 Å². The van der Waals surface area contributed by atoms with E-state index in [-0.39, 0.29) is 6.04 Å². The molecule has 1 fully saturated rings. The van der Waals surface area contributed by atoms with E-state index in [0.717, 1.165) is 25.6 Å². The van der Waals surface area contributed by atoms with E-state index in [2.05, 4.69) is 15.2 Å². The number of carbonyl (C=O) groups excluding carboxylic acids is 1. The number of rotatable bonds is 3. The topological polar surface area (TPSA) is 61.0 Å². The van der Waals surface area contributed by atoms with E-state index in [1.807, 2.05) is 19.1 Å². The molecule has 0 unspecified atom stereocenters. The van der Waals surface area contributed by atoms with Crippen LogP contribution in [-0.4, -0.2) is 47.0 Å². The molecule has 0 spiro atoms. The molecule has 112 valence electrons. The standard InChI is InChI=1S/C12H17F3N4O/c1-19(2)8-4-3-7(5-8)18-11(20)9-10(12(13,14)15)17-6-16-9/h6-8H,3-5H2,1-2H3,(H,16,17)(H,18,20)/t7-,8+/m1/s1. The SMILES string of the molecule is CN(C)[C@H]1CC[C@@H](NC(=O)c2nc[nH]c2C(F)(F)F)C1. The van der Waals surface area contributed by atoms with Crippen LogP contribution >= 0.6 is 0 Å². The van der Waals surface area contributed by atoms with Gasteiger partial charge in [-0.25, -0.2) is 4.98 Å². The highest BCUT2D eigenvalue weighted by Gasteiger charge is 2.38. The molecule has 1 amide bonds. The van der Waals surface area contributed by atoms with Crippen LogP contribution in [0.1, 0.15) is 35.4 Å². The lowest BCUT2D eigenvalue weighted by Crippen LogP contribution is -2.36. The van der Waals surface area contributed by atoms with Gasteiger partial charge in [-0.1, -0.05) is 0 Å². The van der Waals surface area contributed by atoms with Crippen LogP contribution < -0.4 is 5.32 Å². The average Bonchev–Trinajstić information content (AvgIpc) is 2.95. The first kappa shape index (κ1) is 14.8. The Morgan fingerprint density at radius 3 is 2.70 bits per heavy atom. The van der Waals surface area contributed by atoms with Gasteiger partial charge in [0.25, 0.3) is 5.91 Å². The lowest BCUT2D eigenvalue weighted by molar-refractivity contribution is -0.141. The van der Waals surface area contributed by atoms with Crippen molar-refractivity contribution in [2.75, 3.05) is 14.1 Å². The van der Waals surface area contributed by atoms with Crippen LogP contribution in [0.3, 0.4) is 0 Å². The van der Waals surface area contributed by atoms with Gasteiger partial charge in [0.05, 0.1) is 6.33 Å². The predicted molar refractivity (Wildman–Crippen MR) is 66.2 cm³/mol. The summed E-state index contributed by atoms with van der Waals surface area (Å²) in [6.45, 7) is 0. The summed E-state index contributed by atoms with van der Waals surface area (Å²) < 4.78 is 38.0. The van der Waals surface area contributed by atoms with E-state index in [1.165, 1.54) is 0 Å². The largest absolute Gasteiger partial charge is 0.433 e. The molecular weight excluding hydrogens is 273 g/mol. The smallest absolute Gasteiger partial charge is 0.348 e. The Labute approximate surface area is 114 Å². The van der Waals surface area contributed by atoms with Crippen molar-refractivity contribution in [3.8, 4) is 0 Å². The monoisotopic (exact) mass is 290 g/mol. The first-order valence-corrected chi connectivity index (χ1v) is 6.37. The maximum absolute atomic E-state index is 12.7. The fraction of sp³-hybridized carbons (Fsp3) is 0.667. The second-order valence-corrected chi connectivity index (χ2v) is 5.22. The Bertz CT molecular complexity index is 483. The summed E-state index contributed by atoms with van der Waals surface area (Å²) in [6, 6.07) is 0.245. The molecule has 0 radical (unpaired) electrons. The molecule has 1 heterocycles. The van der Waals surface area contributed by atoms with Crippen LogP contribution in [-0.2, 0) is 6.18 Å². The highest BCUT2D eigenvalue weighted by atomic mass is 19.4. The number of carbonyl (C=O) groups is 1. The van der Waals surface area contributed by atoms with Crippen LogP contribution in [0.4, 0.5) is 13.2 Å². The Morgan fingerprint density at radius 2 is 2.15 bits per heavy atom. The molecule has 2 rings (SSSR count).